The molecular weight excluding hydrogens is 606 g/mol. The zero-order chi connectivity index (χ0) is 30.3. The molecule has 0 saturated carbocycles. The molecule has 0 aliphatic carbocycles. The normalized spacial score (nSPS) is 18.2. The van der Waals surface area contributed by atoms with Gasteiger partial charge in [-0.2, -0.15) is 0 Å². The summed E-state index contributed by atoms with van der Waals surface area (Å²) < 4.78 is 2.05. The minimum atomic E-state index is 0. The third-order valence-corrected chi connectivity index (χ3v) is 8.75. The molecule has 5 aliphatic rings. The summed E-state index contributed by atoms with van der Waals surface area (Å²) in [5, 5.41) is 0. The molecule has 6 nitrogen and oxygen atoms in total. The summed E-state index contributed by atoms with van der Waals surface area (Å²) in [6.07, 6.45) is 37.1. The van der Waals surface area contributed by atoms with Crippen LogP contribution in [-0.2, 0) is 26.5 Å². The molecule has 0 saturated heterocycles. The first kappa shape index (κ1) is 32.8. The summed E-state index contributed by atoms with van der Waals surface area (Å²) in [4.78, 5) is 25.4. The Hall–Kier alpha value is -3.57. The Morgan fingerprint density at radius 1 is 0.578 bits per heavy atom. The Morgan fingerprint density at radius 2 is 1.16 bits per heavy atom. The summed E-state index contributed by atoms with van der Waals surface area (Å²) in [6, 6.07) is 0. The van der Waals surface area contributed by atoms with E-state index in [4.69, 9.17) is 25.0 Å². The number of aromatic nitrogens is 2. The maximum Gasteiger partial charge on any atom is 0.144 e. The van der Waals surface area contributed by atoms with Crippen LogP contribution in [0.25, 0.3) is 5.57 Å². The Morgan fingerprint density at radius 3 is 1.84 bits per heavy atom. The van der Waals surface area contributed by atoms with Gasteiger partial charge in [0.15, 0.2) is 0 Å². The van der Waals surface area contributed by atoms with E-state index < -0.39 is 0 Å². The number of fused-ring (bicyclic) bond motifs is 4. The molecule has 0 atom stereocenters. The summed E-state index contributed by atoms with van der Waals surface area (Å²) in [5.74, 6) is 0.861. The molecule has 0 N–H and O–H groups in total. The second-order valence-electron chi connectivity index (χ2n) is 12.1. The second-order valence-corrected chi connectivity index (χ2v) is 12.1. The Bertz CT molecular complexity index is 1660. The smallest absolute Gasteiger partial charge is 0.144 e. The van der Waals surface area contributed by atoms with Gasteiger partial charge in [0.25, 0.3) is 0 Å². The first-order valence-corrected chi connectivity index (χ1v) is 16.6. The molecule has 1 aromatic rings. The number of rotatable bonds is 13. The zero-order valence-corrected chi connectivity index (χ0v) is 30.2. The van der Waals surface area contributed by atoms with Gasteiger partial charge in [-0.15, -0.1) is 0 Å². The van der Waals surface area contributed by atoms with Crippen molar-refractivity contribution in [3.05, 3.63) is 107 Å². The SMILES string of the molecule is CCCCCCCC1=C2C=CC(=N2)C=C2C=CC(=N2)C(CCCCCCC)=C2C=CC(=N2)C(c2nccn2C)=C2C=CC1=N2.[Zn]. The average Bonchev–Trinajstić information content (AvgIpc) is 3.86. The standard InChI is InChI=1S/C38H44N6.Zn/c1-4-6-8-10-12-14-29-31-18-16-27(40-31)26-28-17-19-32(41-28)30(15-13-11-9-7-5-2)34-21-23-36(43-34)37(35-22-20-33(29)42-35)38-39-24-25-44(38)3;/h16-26H,4-15H2,1-3H3;. The van der Waals surface area contributed by atoms with Crippen molar-refractivity contribution in [3.8, 4) is 0 Å². The van der Waals surface area contributed by atoms with Crippen LogP contribution in [0.3, 0.4) is 0 Å². The largest absolute Gasteiger partial charge is 0.334 e. The van der Waals surface area contributed by atoms with Gasteiger partial charge in [-0.3, -0.25) is 0 Å². The molecule has 228 valence electrons. The molecule has 0 aromatic carbocycles. The van der Waals surface area contributed by atoms with E-state index in [1.807, 2.05) is 19.4 Å². The van der Waals surface area contributed by atoms with Crippen molar-refractivity contribution >= 4 is 28.4 Å². The minimum absolute atomic E-state index is 0. The predicted octanol–water partition coefficient (Wildman–Crippen LogP) is 9.30. The van der Waals surface area contributed by atoms with Crippen molar-refractivity contribution in [2.24, 2.45) is 27.0 Å². The number of aryl methyl sites for hydroxylation is 1. The third-order valence-electron chi connectivity index (χ3n) is 8.75. The molecule has 6 rings (SSSR count). The van der Waals surface area contributed by atoms with E-state index in [-0.39, 0.29) is 19.5 Å². The van der Waals surface area contributed by atoms with Crippen LogP contribution in [0.5, 0.6) is 0 Å². The van der Waals surface area contributed by atoms with E-state index in [1.165, 1.54) is 62.5 Å². The number of hydrogen-bond acceptors (Lipinski definition) is 5. The first-order valence-electron chi connectivity index (χ1n) is 16.6. The molecule has 7 heteroatoms. The minimum Gasteiger partial charge on any atom is -0.334 e. The summed E-state index contributed by atoms with van der Waals surface area (Å²) in [6.45, 7) is 4.52. The van der Waals surface area contributed by atoms with Gasteiger partial charge in [0.05, 0.1) is 51.2 Å². The third kappa shape index (κ3) is 7.64. The summed E-state index contributed by atoms with van der Waals surface area (Å²) >= 11 is 0. The van der Waals surface area contributed by atoms with Gasteiger partial charge in [-0.25, -0.2) is 25.0 Å². The van der Waals surface area contributed by atoms with E-state index in [2.05, 4.69) is 73.1 Å². The van der Waals surface area contributed by atoms with Crippen molar-refractivity contribution < 1.29 is 19.5 Å². The molecule has 0 amide bonds. The van der Waals surface area contributed by atoms with Gasteiger partial charge < -0.3 is 4.57 Å². The van der Waals surface area contributed by atoms with Gasteiger partial charge in [0, 0.05) is 50.1 Å². The maximum atomic E-state index is 5.25. The Balaban J connectivity index is 0.00000400. The molecule has 0 radical (unpaired) electrons. The van der Waals surface area contributed by atoms with E-state index in [0.717, 1.165) is 82.7 Å². The van der Waals surface area contributed by atoms with Crippen LogP contribution in [0, 0.1) is 0 Å². The molecule has 8 bridgehead atoms. The molecule has 1 aromatic heterocycles. The van der Waals surface area contributed by atoms with E-state index in [9.17, 15) is 0 Å². The van der Waals surface area contributed by atoms with Crippen molar-refractivity contribution in [3.63, 3.8) is 0 Å². The van der Waals surface area contributed by atoms with Crippen molar-refractivity contribution in [2.75, 3.05) is 0 Å². The maximum absolute atomic E-state index is 5.25. The van der Waals surface area contributed by atoms with Gasteiger partial charge in [-0.05, 0) is 80.4 Å². The Labute approximate surface area is 281 Å². The zero-order valence-electron chi connectivity index (χ0n) is 27.2. The number of nitrogens with zero attached hydrogens (tertiary/aromatic N) is 6. The first-order chi connectivity index (χ1) is 21.6. The number of allylic oxidation sites excluding steroid dienone is 12. The monoisotopic (exact) mass is 648 g/mol. The summed E-state index contributed by atoms with van der Waals surface area (Å²) in [7, 11) is 2.03. The summed E-state index contributed by atoms with van der Waals surface area (Å²) in [5.41, 5.74) is 11.0. The predicted molar refractivity (Wildman–Crippen MR) is 185 cm³/mol. The van der Waals surface area contributed by atoms with Crippen LogP contribution >= 0.6 is 0 Å². The Kier molecular flexibility index (Phi) is 11.4. The van der Waals surface area contributed by atoms with Crippen LogP contribution in [0.4, 0.5) is 0 Å². The molecule has 45 heavy (non-hydrogen) atoms. The average molecular weight is 650 g/mol. The fourth-order valence-corrected chi connectivity index (χ4v) is 6.30. The molecule has 0 fully saturated rings. The van der Waals surface area contributed by atoms with Crippen LogP contribution in [-0.4, -0.2) is 32.4 Å². The van der Waals surface area contributed by atoms with E-state index in [0.29, 0.717) is 0 Å². The molecule has 5 aliphatic heterocycles. The van der Waals surface area contributed by atoms with E-state index in [1.54, 1.807) is 0 Å². The van der Waals surface area contributed by atoms with Crippen LogP contribution in [0.15, 0.2) is 121 Å². The molecule has 0 spiro atoms. The fraction of sp³-hybridized carbons (Fsp3) is 0.395. The van der Waals surface area contributed by atoms with Gasteiger partial charge in [0.2, 0.25) is 0 Å². The van der Waals surface area contributed by atoms with Crippen molar-refractivity contribution in [2.45, 2.75) is 90.9 Å². The second kappa shape index (κ2) is 15.6. The molecule has 6 heterocycles. The van der Waals surface area contributed by atoms with Gasteiger partial charge in [0.1, 0.15) is 5.82 Å². The van der Waals surface area contributed by atoms with Crippen molar-refractivity contribution in [1.82, 2.24) is 9.55 Å². The molecular formula is C38H44N6Zn. The number of unbranched alkanes of at least 4 members (excludes halogenated alkanes) is 8. The topological polar surface area (TPSA) is 67.3 Å². The van der Waals surface area contributed by atoms with Crippen LogP contribution in [0.1, 0.15) is 96.7 Å². The number of imidazole rings is 1. The van der Waals surface area contributed by atoms with Crippen molar-refractivity contribution in [1.29, 1.82) is 0 Å². The number of hydrogen-bond donors (Lipinski definition) is 0. The fourth-order valence-electron chi connectivity index (χ4n) is 6.30. The van der Waals surface area contributed by atoms with Gasteiger partial charge >= 0.3 is 0 Å². The van der Waals surface area contributed by atoms with Crippen LogP contribution in [0.2, 0.25) is 0 Å². The number of aliphatic imine (C=N–C) groups is 4. The van der Waals surface area contributed by atoms with E-state index >= 15 is 0 Å². The van der Waals surface area contributed by atoms with Gasteiger partial charge in [-0.1, -0.05) is 65.2 Å². The van der Waals surface area contributed by atoms with Crippen LogP contribution < -0.4 is 0 Å². The molecule has 0 unspecified atom stereocenters. The quantitative estimate of drug-likeness (QED) is 0.155.